The molecule has 0 radical (unpaired) electrons. The molecule has 0 fully saturated rings. The van der Waals surface area contributed by atoms with Gasteiger partial charge in [-0.05, 0) is 54.8 Å². The quantitative estimate of drug-likeness (QED) is 0.706. The first kappa shape index (κ1) is 18.4. The van der Waals surface area contributed by atoms with Gasteiger partial charge in [0.1, 0.15) is 0 Å². The molecule has 0 bridgehead atoms. The smallest absolute Gasteiger partial charge is 0.255 e. The second kappa shape index (κ2) is 8.32. The summed E-state index contributed by atoms with van der Waals surface area (Å²) in [5, 5.41) is 5.86. The van der Waals surface area contributed by atoms with Gasteiger partial charge in [-0.3, -0.25) is 9.59 Å². The molecule has 3 aromatic rings. The van der Waals surface area contributed by atoms with Crippen LogP contribution in [-0.4, -0.2) is 11.8 Å². The van der Waals surface area contributed by atoms with Crippen LogP contribution in [0.3, 0.4) is 0 Å². The molecule has 2 amide bonds. The van der Waals surface area contributed by atoms with E-state index in [9.17, 15) is 9.59 Å². The maximum Gasteiger partial charge on any atom is 0.255 e. The third-order valence-corrected chi connectivity index (χ3v) is 4.42. The normalized spacial score (nSPS) is 10.3. The van der Waals surface area contributed by atoms with Crippen LogP contribution in [0.1, 0.15) is 37.4 Å². The fraction of sp³-hybridized carbons (Fsp3) is 0.130. The van der Waals surface area contributed by atoms with Gasteiger partial charge in [0.15, 0.2) is 0 Å². The molecule has 0 atom stereocenters. The van der Waals surface area contributed by atoms with Crippen molar-refractivity contribution in [2.45, 2.75) is 20.4 Å². The molecule has 136 valence electrons. The van der Waals surface area contributed by atoms with E-state index in [2.05, 4.69) is 10.6 Å². The van der Waals surface area contributed by atoms with Crippen molar-refractivity contribution < 1.29 is 9.59 Å². The van der Waals surface area contributed by atoms with E-state index < -0.39 is 0 Å². The molecule has 0 aromatic heterocycles. The highest BCUT2D eigenvalue weighted by Gasteiger charge is 2.10. The molecule has 0 heterocycles. The molecule has 4 heteroatoms. The average Bonchev–Trinajstić information content (AvgIpc) is 2.70. The van der Waals surface area contributed by atoms with Crippen LogP contribution in [0.25, 0.3) is 0 Å². The second-order valence-electron chi connectivity index (χ2n) is 6.47. The number of para-hydroxylation sites is 1. The van der Waals surface area contributed by atoms with Gasteiger partial charge in [-0.15, -0.1) is 0 Å². The van der Waals surface area contributed by atoms with Gasteiger partial charge in [0.05, 0.1) is 0 Å². The Bertz CT molecular complexity index is 928. The Hall–Kier alpha value is -3.40. The highest BCUT2D eigenvalue weighted by molar-refractivity contribution is 6.05. The minimum atomic E-state index is -0.146. The summed E-state index contributed by atoms with van der Waals surface area (Å²) < 4.78 is 0. The number of carbonyl (C=O) groups excluding carboxylic acids is 2. The highest BCUT2D eigenvalue weighted by atomic mass is 16.2. The van der Waals surface area contributed by atoms with Crippen molar-refractivity contribution in [1.29, 1.82) is 0 Å². The van der Waals surface area contributed by atoms with E-state index in [1.807, 2.05) is 62.4 Å². The number of anilines is 1. The lowest BCUT2D eigenvalue weighted by Gasteiger charge is -2.12. The van der Waals surface area contributed by atoms with Gasteiger partial charge in [0.2, 0.25) is 0 Å². The summed E-state index contributed by atoms with van der Waals surface area (Å²) in [6.45, 7) is 4.36. The number of amides is 2. The van der Waals surface area contributed by atoms with Gasteiger partial charge >= 0.3 is 0 Å². The predicted molar refractivity (Wildman–Crippen MR) is 108 cm³/mol. The van der Waals surface area contributed by atoms with Gasteiger partial charge in [-0.25, -0.2) is 0 Å². The van der Waals surface area contributed by atoms with Gasteiger partial charge in [-0.1, -0.05) is 48.5 Å². The monoisotopic (exact) mass is 358 g/mol. The largest absolute Gasteiger partial charge is 0.348 e. The number of benzene rings is 3. The van der Waals surface area contributed by atoms with Crippen molar-refractivity contribution in [2.75, 3.05) is 5.32 Å². The summed E-state index contributed by atoms with van der Waals surface area (Å²) in [6, 6.07) is 22.2. The summed E-state index contributed by atoms with van der Waals surface area (Å²) in [5.74, 6) is -0.264. The Balaban J connectivity index is 1.61. The van der Waals surface area contributed by atoms with Crippen molar-refractivity contribution in [2.24, 2.45) is 0 Å². The van der Waals surface area contributed by atoms with Crippen LogP contribution < -0.4 is 10.6 Å². The van der Waals surface area contributed by atoms with Gasteiger partial charge in [0, 0.05) is 23.4 Å². The molecular formula is C23H22N2O2. The topological polar surface area (TPSA) is 58.2 Å². The molecule has 0 aliphatic carbocycles. The van der Waals surface area contributed by atoms with Crippen LogP contribution in [-0.2, 0) is 6.54 Å². The zero-order valence-electron chi connectivity index (χ0n) is 15.5. The van der Waals surface area contributed by atoms with Crippen LogP contribution in [0.15, 0.2) is 72.8 Å². The number of aryl methyl sites for hydroxylation is 2. The molecule has 0 aliphatic heterocycles. The van der Waals surface area contributed by atoms with Crippen LogP contribution >= 0.6 is 0 Å². The van der Waals surface area contributed by atoms with Crippen molar-refractivity contribution in [1.82, 2.24) is 5.32 Å². The predicted octanol–water partition coefficient (Wildman–Crippen LogP) is 4.49. The Morgan fingerprint density at radius 1 is 0.704 bits per heavy atom. The SMILES string of the molecule is Cc1cccc(C)c1NC(=O)c1ccc(CNC(=O)c2ccccc2)cc1. The molecule has 0 unspecified atom stereocenters. The average molecular weight is 358 g/mol. The van der Waals surface area contributed by atoms with Crippen molar-refractivity contribution in [3.8, 4) is 0 Å². The molecule has 0 saturated carbocycles. The zero-order chi connectivity index (χ0) is 19.2. The summed E-state index contributed by atoms with van der Waals surface area (Å²) >= 11 is 0. The van der Waals surface area contributed by atoms with E-state index in [4.69, 9.17) is 0 Å². The molecule has 27 heavy (non-hydrogen) atoms. The fourth-order valence-electron chi connectivity index (χ4n) is 2.85. The summed E-state index contributed by atoms with van der Waals surface area (Å²) in [5.41, 5.74) is 5.05. The molecule has 4 nitrogen and oxygen atoms in total. The summed E-state index contributed by atoms with van der Waals surface area (Å²) in [6.07, 6.45) is 0. The van der Waals surface area contributed by atoms with E-state index in [0.717, 1.165) is 22.4 Å². The number of nitrogens with one attached hydrogen (secondary N) is 2. The van der Waals surface area contributed by atoms with E-state index in [1.54, 1.807) is 24.3 Å². The zero-order valence-corrected chi connectivity index (χ0v) is 15.5. The third-order valence-electron chi connectivity index (χ3n) is 4.42. The third kappa shape index (κ3) is 4.61. The van der Waals surface area contributed by atoms with Gasteiger partial charge < -0.3 is 10.6 Å². The minimum absolute atomic E-state index is 0.118. The van der Waals surface area contributed by atoms with Crippen molar-refractivity contribution in [3.63, 3.8) is 0 Å². The van der Waals surface area contributed by atoms with Gasteiger partial charge in [-0.2, -0.15) is 0 Å². The Morgan fingerprint density at radius 3 is 1.93 bits per heavy atom. The maximum absolute atomic E-state index is 12.5. The number of hydrogen-bond acceptors (Lipinski definition) is 2. The van der Waals surface area contributed by atoms with Crippen LogP contribution in [0, 0.1) is 13.8 Å². The standard InChI is InChI=1S/C23H22N2O2/c1-16-7-6-8-17(2)21(16)25-23(27)20-13-11-18(12-14-20)15-24-22(26)19-9-4-3-5-10-19/h3-14H,15H2,1-2H3,(H,24,26)(H,25,27). The van der Waals surface area contributed by atoms with Crippen LogP contribution in [0.4, 0.5) is 5.69 Å². The number of hydrogen-bond donors (Lipinski definition) is 2. The highest BCUT2D eigenvalue weighted by Crippen LogP contribution is 2.20. The van der Waals surface area contributed by atoms with Crippen LogP contribution in [0.2, 0.25) is 0 Å². The minimum Gasteiger partial charge on any atom is -0.348 e. The second-order valence-corrected chi connectivity index (χ2v) is 6.47. The fourth-order valence-corrected chi connectivity index (χ4v) is 2.85. The van der Waals surface area contributed by atoms with Crippen LogP contribution in [0.5, 0.6) is 0 Å². The Labute approximate surface area is 159 Å². The van der Waals surface area contributed by atoms with E-state index in [0.29, 0.717) is 17.7 Å². The molecule has 3 rings (SSSR count). The number of carbonyl (C=O) groups is 2. The lowest BCUT2D eigenvalue weighted by Crippen LogP contribution is -2.22. The van der Waals surface area contributed by atoms with E-state index >= 15 is 0 Å². The molecule has 0 spiro atoms. The first-order chi connectivity index (χ1) is 13.0. The molecule has 3 aromatic carbocycles. The van der Waals surface area contributed by atoms with Crippen molar-refractivity contribution >= 4 is 17.5 Å². The molecule has 0 saturated heterocycles. The first-order valence-corrected chi connectivity index (χ1v) is 8.84. The van der Waals surface area contributed by atoms with E-state index in [1.165, 1.54) is 0 Å². The molecule has 2 N–H and O–H groups in total. The molecular weight excluding hydrogens is 336 g/mol. The lowest BCUT2D eigenvalue weighted by molar-refractivity contribution is 0.0950. The van der Waals surface area contributed by atoms with Crippen molar-refractivity contribution in [3.05, 3.63) is 101 Å². The summed E-state index contributed by atoms with van der Waals surface area (Å²) in [4.78, 5) is 24.6. The maximum atomic E-state index is 12.5. The summed E-state index contributed by atoms with van der Waals surface area (Å²) in [7, 11) is 0. The molecule has 0 aliphatic rings. The van der Waals surface area contributed by atoms with E-state index in [-0.39, 0.29) is 11.8 Å². The number of rotatable bonds is 5. The Kier molecular flexibility index (Phi) is 5.67. The first-order valence-electron chi connectivity index (χ1n) is 8.84. The lowest BCUT2D eigenvalue weighted by atomic mass is 10.1. The Morgan fingerprint density at radius 2 is 1.30 bits per heavy atom. The van der Waals surface area contributed by atoms with Gasteiger partial charge in [0.25, 0.3) is 11.8 Å².